The van der Waals surface area contributed by atoms with E-state index in [4.69, 9.17) is 21.1 Å². The lowest BCUT2D eigenvalue weighted by Crippen LogP contribution is -2.38. The third-order valence-electron chi connectivity index (χ3n) is 2.96. The van der Waals surface area contributed by atoms with Gasteiger partial charge < -0.3 is 14.2 Å². The van der Waals surface area contributed by atoms with Crippen LogP contribution in [0.3, 0.4) is 0 Å². The van der Waals surface area contributed by atoms with Crippen LogP contribution < -0.4 is 9.47 Å². The molecule has 2 heterocycles. The molecule has 116 valence electrons. The molecule has 0 amide bonds. The lowest BCUT2D eigenvalue weighted by atomic mass is 10.1. The van der Waals surface area contributed by atoms with E-state index in [0.29, 0.717) is 35.2 Å². The van der Waals surface area contributed by atoms with Crippen molar-refractivity contribution in [2.75, 3.05) is 13.2 Å². The first-order valence-corrected chi connectivity index (χ1v) is 6.81. The van der Waals surface area contributed by atoms with E-state index in [0.717, 1.165) is 6.20 Å². The standard InChI is InChI=1S/C14H11ClF2N2O3/c15-8-1-2-10(12(3-8)21-9-6-20-7-9)11-4-19-13(5-18-11)22-14(16)17/h1-5,9,14H,6-7H2. The Morgan fingerprint density at radius 2 is 2.05 bits per heavy atom. The first-order chi connectivity index (χ1) is 10.6. The number of halogens is 3. The fourth-order valence-corrected chi connectivity index (χ4v) is 2.04. The molecule has 1 aromatic heterocycles. The van der Waals surface area contributed by atoms with Crippen LogP contribution in [0.1, 0.15) is 0 Å². The van der Waals surface area contributed by atoms with Crippen LogP contribution in [0.4, 0.5) is 8.78 Å². The Morgan fingerprint density at radius 1 is 1.23 bits per heavy atom. The van der Waals surface area contributed by atoms with Gasteiger partial charge in [-0.15, -0.1) is 0 Å². The largest absolute Gasteiger partial charge is 0.485 e. The summed E-state index contributed by atoms with van der Waals surface area (Å²) in [5.41, 5.74) is 1.13. The van der Waals surface area contributed by atoms with E-state index in [2.05, 4.69) is 14.7 Å². The van der Waals surface area contributed by atoms with Gasteiger partial charge in [0.1, 0.15) is 11.9 Å². The number of ether oxygens (including phenoxy) is 3. The minimum absolute atomic E-state index is 0.0355. The minimum Gasteiger partial charge on any atom is -0.485 e. The summed E-state index contributed by atoms with van der Waals surface area (Å²) in [7, 11) is 0. The van der Waals surface area contributed by atoms with Crippen molar-refractivity contribution in [1.29, 1.82) is 0 Å². The van der Waals surface area contributed by atoms with E-state index in [1.807, 2.05) is 0 Å². The maximum absolute atomic E-state index is 12.1. The van der Waals surface area contributed by atoms with Crippen molar-refractivity contribution >= 4 is 11.6 Å². The molecule has 5 nitrogen and oxygen atoms in total. The zero-order valence-electron chi connectivity index (χ0n) is 11.2. The first kappa shape index (κ1) is 14.9. The molecule has 22 heavy (non-hydrogen) atoms. The molecule has 0 saturated carbocycles. The molecule has 1 aromatic carbocycles. The monoisotopic (exact) mass is 328 g/mol. The van der Waals surface area contributed by atoms with E-state index in [9.17, 15) is 8.78 Å². The molecular weight excluding hydrogens is 318 g/mol. The zero-order valence-corrected chi connectivity index (χ0v) is 12.0. The highest BCUT2D eigenvalue weighted by Gasteiger charge is 2.22. The quantitative estimate of drug-likeness (QED) is 0.843. The highest BCUT2D eigenvalue weighted by Crippen LogP contribution is 2.33. The van der Waals surface area contributed by atoms with Crippen molar-refractivity contribution < 1.29 is 23.0 Å². The highest BCUT2D eigenvalue weighted by atomic mass is 35.5. The SMILES string of the molecule is FC(F)Oc1cnc(-c2ccc(Cl)cc2OC2COC2)cn1. The van der Waals surface area contributed by atoms with Gasteiger partial charge in [0, 0.05) is 10.6 Å². The highest BCUT2D eigenvalue weighted by molar-refractivity contribution is 6.30. The lowest BCUT2D eigenvalue weighted by molar-refractivity contribution is -0.0794. The van der Waals surface area contributed by atoms with Crippen LogP contribution in [-0.2, 0) is 4.74 Å². The van der Waals surface area contributed by atoms with Crippen molar-refractivity contribution in [3.63, 3.8) is 0 Å². The Labute approximate surface area is 129 Å². The van der Waals surface area contributed by atoms with Gasteiger partial charge in [-0.3, -0.25) is 0 Å². The van der Waals surface area contributed by atoms with Crippen LogP contribution in [0.25, 0.3) is 11.3 Å². The number of aromatic nitrogens is 2. The van der Waals surface area contributed by atoms with Crippen LogP contribution in [0.15, 0.2) is 30.6 Å². The molecule has 1 aliphatic rings. The van der Waals surface area contributed by atoms with E-state index in [1.165, 1.54) is 6.20 Å². The molecule has 1 saturated heterocycles. The fourth-order valence-electron chi connectivity index (χ4n) is 1.87. The molecule has 2 aromatic rings. The van der Waals surface area contributed by atoms with Gasteiger partial charge in [0.2, 0.25) is 5.88 Å². The Balaban J connectivity index is 1.86. The van der Waals surface area contributed by atoms with Gasteiger partial charge >= 0.3 is 6.61 Å². The van der Waals surface area contributed by atoms with Crippen LogP contribution in [-0.4, -0.2) is 35.9 Å². The maximum Gasteiger partial charge on any atom is 0.388 e. The van der Waals surface area contributed by atoms with Gasteiger partial charge in [-0.25, -0.2) is 9.97 Å². The van der Waals surface area contributed by atoms with E-state index in [1.54, 1.807) is 18.2 Å². The first-order valence-electron chi connectivity index (χ1n) is 6.43. The molecule has 1 fully saturated rings. The lowest BCUT2D eigenvalue weighted by Gasteiger charge is -2.27. The molecule has 1 aliphatic heterocycles. The smallest absolute Gasteiger partial charge is 0.388 e. The van der Waals surface area contributed by atoms with Crippen LogP contribution >= 0.6 is 11.6 Å². The Kier molecular flexibility index (Phi) is 4.35. The molecule has 0 radical (unpaired) electrons. The summed E-state index contributed by atoms with van der Waals surface area (Å²) in [6.07, 6.45) is 2.43. The van der Waals surface area contributed by atoms with Gasteiger partial charge in [-0.05, 0) is 18.2 Å². The summed E-state index contributed by atoms with van der Waals surface area (Å²) in [5.74, 6) is 0.292. The number of hydrogen-bond donors (Lipinski definition) is 0. The number of hydrogen-bond acceptors (Lipinski definition) is 5. The van der Waals surface area contributed by atoms with Crippen molar-refractivity contribution in [2.45, 2.75) is 12.7 Å². The molecule has 0 spiro atoms. The number of benzene rings is 1. The number of rotatable bonds is 5. The van der Waals surface area contributed by atoms with Crippen LogP contribution in [0.2, 0.25) is 5.02 Å². The van der Waals surface area contributed by atoms with Gasteiger partial charge in [-0.1, -0.05) is 11.6 Å². The third kappa shape index (κ3) is 3.42. The summed E-state index contributed by atoms with van der Waals surface area (Å²) in [5, 5.41) is 0.518. The summed E-state index contributed by atoms with van der Waals surface area (Å²) >= 11 is 5.98. The second kappa shape index (κ2) is 6.41. The van der Waals surface area contributed by atoms with Crippen molar-refractivity contribution in [3.05, 3.63) is 35.6 Å². The molecule has 0 aliphatic carbocycles. The minimum atomic E-state index is -2.94. The average molecular weight is 329 g/mol. The third-order valence-corrected chi connectivity index (χ3v) is 3.19. The molecule has 8 heteroatoms. The van der Waals surface area contributed by atoms with Crippen molar-refractivity contribution in [2.24, 2.45) is 0 Å². The van der Waals surface area contributed by atoms with Crippen molar-refractivity contribution in [1.82, 2.24) is 9.97 Å². The predicted molar refractivity (Wildman–Crippen MR) is 74.3 cm³/mol. The summed E-state index contributed by atoms with van der Waals surface area (Å²) in [6.45, 7) is -1.91. The Morgan fingerprint density at radius 3 is 2.64 bits per heavy atom. The van der Waals surface area contributed by atoms with Gasteiger partial charge in [-0.2, -0.15) is 8.78 Å². The van der Waals surface area contributed by atoms with E-state index < -0.39 is 6.61 Å². The van der Waals surface area contributed by atoms with E-state index >= 15 is 0 Å². The molecule has 3 rings (SSSR count). The van der Waals surface area contributed by atoms with Gasteiger partial charge in [0.15, 0.2) is 0 Å². The molecule has 0 unspecified atom stereocenters. The summed E-state index contributed by atoms with van der Waals surface area (Å²) in [6, 6.07) is 5.08. The topological polar surface area (TPSA) is 53.5 Å². The maximum atomic E-state index is 12.1. The number of nitrogens with zero attached hydrogens (tertiary/aromatic N) is 2. The normalized spacial score (nSPS) is 14.7. The van der Waals surface area contributed by atoms with E-state index in [-0.39, 0.29) is 12.0 Å². The van der Waals surface area contributed by atoms with Crippen LogP contribution in [0.5, 0.6) is 11.6 Å². The average Bonchev–Trinajstić information content (AvgIpc) is 2.44. The van der Waals surface area contributed by atoms with Gasteiger partial charge in [0.25, 0.3) is 0 Å². The molecule has 0 N–H and O–H groups in total. The van der Waals surface area contributed by atoms with Gasteiger partial charge in [0.05, 0.1) is 31.3 Å². The summed E-state index contributed by atoms with van der Waals surface area (Å²) in [4.78, 5) is 7.86. The van der Waals surface area contributed by atoms with Crippen LogP contribution in [0, 0.1) is 0 Å². The Bertz CT molecular complexity index is 651. The van der Waals surface area contributed by atoms with Crippen molar-refractivity contribution in [3.8, 4) is 22.9 Å². The molecule has 0 atom stereocenters. The second-order valence-electron chi connectivity index (χ2n) is 4.54. The number of alkyl halides is 2. The second-order valence-corrected chi connectivity index (χ2v) is 4.97. The molecule has 0 bridgehead atoms. The summed E-state index contributed by atoms with van der Waals surface area (Å²) < 4.78 is 39.2. The fraction of sp³-hybridized carbons (Fsp3) is 0.286. The predicted octanol–water partition coefficient (Wildman–Crippen LogP) is 3.18. The zero-order chi connectivity index (χ0) is 15.5. The molecular formula is C14H11ClF2N2O3. The Hall–Kier alpha value is -1.99.